The van der Waals surface area contributed by atoms with E-state index in [2.05, 4.69) is 10.6 Å². The molecular weight excluding hydrogens is 276 g/mol. The van der Waals surface area contributed by atoms with Crippen LogP contribution in [0.5, 0.6) is 0 Å². The predicted octanol–water partition coefficient (Wildman–Crippen LogP) is 2.05. The zero-order chi connectivity index (χ0) is 13.5. The maximum Gasteiger partial charge on any atom is 0.221 e. The largest absolute Gasteiger partial charge is 0.376 e. The molecule has 1 aromatic rings. The van der Waals surface area contributed by atoms with E-state index in [0.29, 0.717) is 13.0 Å². The lowest BCUT2D eigenvalue weighted by molar-refractivity contribution is -0.122. The lowest BCUT2D eigenvalue weighted by Gasteiger charge is -2.24. The molecule has 0 aliphatic carbocycles. The van der Waals surface area contributed by atoms with Gasteiger partial charge in [-0.05, 0) is 25.5 Å². The highest BCUT2D eigenvalue weighted by Gasteiger charge is 2.28. The highest BCUT2D eigenvalue weighted by Crippen LogP contribution is 2.26. The molecule has 1 fully saturated rings. The molecule has 0 spiro atoms. The number of hydrogen-bond acceptors (Lipinski definition) is 3. The van der Waals surface area contributed by atoms with Gasteiger partial charge in [0.1, 0.15) is 0 Å². The van der Waals surface area contributed by atoms with Gasteiger partial charge in [0.25, 0.3) is 0 Å². The van der Waals surface area contributed by atoms with Crippen molar-refractivity contribution in [1.29, 1.82) is 0 Å². The average Bonchev–Trinajstić information content (AvgIpc) is 2.97. The molecule has 2 atom stereocenters. The lowest BCUT2D eigenvalue weighted by atomic mass is 9.99. The van der Waals surface area contributed by atoms with Crippen LogP contribution in [-0.4, -0.2) is 32.2 Å². The first-order valence-corrected chi connectivity index (χ1v) is 6.92. The molecule has 1 aliphatic rings. The Balaban J connectivity index is 0.00000200. The van der Waals surface area contributed by atoms with Gasteiger partial charge in [0, 0.05) is 19.6 Å². The molecule has 1 amide bonds. The Labute approximate surface area is 126 Å². The Morgan fingerprint density at radius 3 is 2.75 bits per heavy atom. The van der Waals surface area contributed by atoms with E-state index in [9.17, 15) is 4.79 Å². The van der Waals surface area contributed by atoms with Gasteiger partial charge in [-0.2, -0.15) is 0 Å². The summed E-state index contributed by atoms with van der Waals surface area (Å²) < 4.78 is 5.74. The number of carbonyl (C=O) groups is 1. The molecular formula is C15H23ClN2O2. The molecule has 1 heterocycles. The van der Waals surface area contributed by atoms with Crippen molar-refractivity contribution in [3.63, 3.8) is 0 Å². The smallest absolute Gasteiger partial charge is 0.221 e. The van der Waals surface area contributed by atoms with E-state index < -0.39 is 0 Å². The Morgan fingerprint density at radius 2 is 2.15 bits per heavy atom. The third kappa shape index (κ3) is 4.78. The van der Waals surface area contributed by atoms with Crippen molar-refractivity contribution in [2.45, 2.75) is 31.4 Å². The fourth-order valence-electron chi connectivity index (χ4n) is 2.40. The Morgan fingerprint density at radius 1 is 1.40 bits per heavy atom. The van der Waals surface area contributed by atoms with E-state index in [4.69, 9.17) is 4.74 Å². The molecule has 0 saturated carbocycles. The van der Waals surface area contributed by atoms with Gasteiger partial charge in [0.2, 0.25) is 5.91 Å². The normalized spacial score (nSPS) is 19.1. The van der Waals surface area contributed by atoms with Crippen LogP contribution < -0.4 is 10.6 Å². The van der Waals surface area contributed by atoms with E-state index in [1.54, 1.807) is 0 Å². The van der Waals surface area contributed by atoms with Crippen molar-refractivity contribution in [3.05, 3.63) is 35.9 Å². The minimum atomic E-state index is -0.0342. The second-order valence-corrected chi connectivity index (χ2v) is 4.86. The quantitative estimate of drug-likeness (QED) is 0.845. The summed E-state index contributed by atoms with van der Waals surface area (Å²) in [5.74, 6) is 0.0682. The van der Waals surface area contributed by atoms with Gasteiger partial charge in [-0.25, -0.2) is 0 Å². The third-order valence-electron chi connectivity index (χ3n) is 3.41. The number of nitrogens with one attached hydrogen (secondary N) is 2. The minimum absolute atomic E-state index is 0. The zero-order valence-electron chi connectivity index (χ0n) is 11.8. The molecule has 0 radical (unpaired) electrons. The summed E-state index contributed by atoms with van der Waals surface area (Å²) in [4.78, 5) is 11.9. The van der Waals surface area contributed by atoms with Gasteiger partial charge >= 0.3 is 0 Å². The van der Waals surface area contributed by atoms with Gasteiger partial charge in [0.05, 0.1) is 12.1 Å². The Kier molecular flexibility index (Phi) is 7.59. The van der Waals surface area contributed by atoms with Crippen LogP contribution in [0.4, 0.5) is 0 Å². The summed E-state index contributed by atoms with van der Waals surface area (Å²) in [6, 6.07) is 10.0. The molecule has 1 aromatic carbocycles. The molecule has 2 N–H and O–H groups in total. The van der Waals surface area contributed by atoms with E-state index in [1.165, 1.54) is 0 Å². The van der Waals surface area contributed by atoms with Crippen LogP contribution in [0.2, 0.25) is 0 Å². The number of rotatable bonds is 6. The second kappa shape index (κ2) is 8.95. The summed E-state index contributed by atoms with van der Waals surface area (Å²) >= 11 is 0. The Bertz CT molecular complexity index is 394. The number of amides is 1. The summed E-state index contributed by atoms with van der Waals surface area (Å²) in [6.07, 6.45) is 2.67. The molecule has 4 nitrogen and oxygen atoms in total. The summed E-state index contributed by atoms with van der Waals surface area (Å²) in [5, 5.41) is 6.10. The van der Waals surface area contributed by atoms with E-state index in [-0.39, 0.29) is 30.5 Å². The first-order valence-electron chi connectivity index (χ1n) is 6.92. The van der Waals surface area contributed by atoms with Crippen LogP contribution in [0.25, 0.3) is 0 Å². The molecule has 112 valence electrons. The zero-order valence-corrected chi connectivity index (χ0v) is 12.6. The van der Waals surface area contributed by atoms with E-state index in [1.807, 2.05) is 37.4 Å². The third-order valence-corrected chi connectivity index (χ3v) is 3.41. The molecule has 5 heteroatoms. The fourth-order valence-corrected chi connectivity index (χ4v) is 2.40. The van der Waals surface area contributed by atoms with Crippen molar-refractivity contribution >= 4 is 18.3 Å². The van der Waals surface area contributed by atoms with Crippen molar-refractivity contribution in [3.8, 4) is 0 Å². The first-order chi connectivity index (χ1) is 9.31. The van der Waals surface area contributed by atoms with Crippen LogP contribution >= 0.6 is 12.4 Å². The number of benzene rings is 1. The van der Waals surface area contributed by atoms with Crippen LogP contribution in [-0.2, 0) is 9.53 Å². The minimum Gasteiger partial charge on any atom is -0.376 e. The van der Waals surface area contributed by atoms with Gasteiger partial charge in [-0.3, -0.25) is 4.79 Å². The van der Waals surface area contributed by atoms with Gasteiger partial charge in [0.15, 0.2) is 0 Å². The van der Waals surface area contributed by atoms with Crippen molar-refractivity contribution in [2.75, 3.05) is 20.2 Å². The van der Waals surface area contributed by atoms with Gasteiger partial charge in [-0.15, -0.1) is 12.4 Å². The summed E-state index contributed by atoms with van der Waals surface area (Å²) in [6.45, 7) is 1.49. The summed E-state index contributed by atoms with van der Waals surface area (Å²) in [7, 11) is 1.85. The average molecular weight is 299 g/mol. The topological polar surface area (TPSA) is 50.4 Å². The molecule has 0 aromatic heterocycles. The maximum absolute atomic E-state index is 11.9. The predicted molar refractivity (Wildman–Crippen MR) is 82.1 cm³/mol. The van der Waals surface area contributed by atoms with Crippen LogP contribution in [0.1, 0.15) is 30.9 Å². The van der Waals surface area contributed by atoms with Crippen LogP contribution in [0.15, 0.2) is 30.3 Å². The molecule has 2 rings (SSSR count). The second-order valence-electron chi connectivity index (χ2n) is 4.86. The van der Waals surface area contributed by atoms with Gasteiger partial charge < -0.3 is 15.4 Å². The maximum atomic E-state index is 11.9. The fraction of sp³-hybridized carbons (Fsp3) is 0.533. The SMILES string of the molecule is CNCCC(=O)NC(c1ccccc1)C1CCCO1.Cl. The standard InChI is InChI=1S/C15H22N2O2.ClH/c1-16-10-9-14(18)17-15(13-8-5-11-19-13)12-6-3-2-4-7-12;/h2-4,6-7,13,15-16H,5,8-11H2,1H3,(H,17,18);1H. The van der Waals surface area contributed by atoms with Crippen molar-refractivity contribution < 1.29 is 9.53 Å². The van der Waals surface area contributed by atoms with Crippen LogP contribution in [0, 0.1) is 0 Å². The number of halogens is 1. The molecule has 1 aliphatic heterocycles. The number of ether oxygens (including phenoxy) is 1. The lowest BCUT2D eigenvalue weighted by Crippen LogP contribution is -2.37. The van der Waals surface area contributed by atoms with Gasteiger partial charge in [-0.1, -0.05) is 30.3 Å². The van der Waals surface area contributed by atoms with Crippen molar-refractivity contribution in [2.24, 2.45) is 0 Å². The highest BCUT2D eigenvalue weighted by molar-refractivity contribution is 5.85. The molecule has 2 unspecified atom stereocenters. The molecule has 1 saturated heterocycles. The monoisotopic (exact) mass is 298 g/mol. The van der Waals surface area contributed by atoms with Crippen LogP contribution in [0.3, 0.4) is 0 Å². The van der Waals surface area contributed by atoms with E-state index >= 15 is 0 Å². The number of hydrogen-bond donors (Lipinski definition) is 2. The number of carbonyl (C=O) groups excluding carboxylic acids is 1. The summed E-state index contributed by atoms with van der Waals surface area (Å²) in [5.41, 5.74) is 1.12. The molecule has 0 bridgehead atoms. The van der Waals surface area contributed by atoms with Crippen molar-refractivity contribution in [1.82, 2.24) is 10.6 Å². The first kappa shape index (κ1) is 17.0. The van der Waals surface area contributed by atoms with E-state index in [0.717, 1.165) is 25.0 Å². The Hall–Kier alpha value is -1.10. The molecule has 20 heavy (non-hydrogen) atoms. The highest BCUT2D eigenvalue weighted by atomic mass is 35.5.